The normalized spacial score (nSPS) is 15.3. The van der Waals surface area contributed by atoms with Crippen LogP contribution in [0.25, 0.3) is 0 Å². The smallest absolute Gasteiger partial charge is 0.252 e. The van der Waals surface area contributed by atoms with Crippen LogP contribution in [0.3, 0.4) is 0 Å². The van der Waals surface area contributed by atoms with E-state index in [0.717, 1.165) is 0 Å². The van der Waals surface area contributed by atoms with E-state index in [4.69, 9.17) is 0 Å². The van der Waals surface area contributed by atoms with Gasteiger partial charge in [0, 0.05) is 73.7 Å². The number of nitrogens with zero attached hydrogens (tertiary/aromatic N) is 4. The molecule has 1 aliphatic carbocycles. The number of para-hydroxylation sites is 2. The number of anilines is 8. The van der Waals surface area contributed by atoms with E-state index in [9.17, 15) is 0 Å². The van der Waals surface area contributed by atoms with Crippen molar-refractivity contribution >= 4 is 68.6 Å². The van der Waals surface area contributed by atoms with Gasteiger partial charge in [-0.05, 0) is 107 Å². The topological polar surface area (TPSA) is 13.0 Å². The van der Waals surface area contributed by atoms with Gasteiger partial charge in [0.05, 0.1) is 0 Å². The predicted octanol–water partition coefficient (Wildman–Crippen LogP) is 7.95. The summed E-state index contributed by atoms with van der Waals surface area (Å²) in [5.74, 6) is 0.584. The van der Waals surface area contributed by atoms with Gasteiger partial charge in [-0.3, -0.25) is 0 Å². The maximum absolute atomic E-state index is 2.56. The zero-order valence-corrected chi connectivity index (χ0v) is 26.9. The Bertz CT molecular complexity index is 1870. The van der Waals surface area contributed by atoms with Crippen molar-refractivity contribution in [3.63, 3.8) is 0 Å². The van der Waals surface area contributed by atoms with E-state index < -0.39 is 0 Å². The van der Waals surface area contributed by atoms with Crippen LogP contribution in [0.5, 0.6) is 0 Å². The summed E-state index contributed by atoms with van der Waals surface area (Å²) >= 11 is 0. The molecule has 0 atom stereocenters. The average Bonchev–Trinajstić information content (AvgIpc) is 3.08. The molecule has 0 N–H and O–H groups in total. The minimum Gasteiger partial charge on any atom is -0.378 e. The van der Waals surface area contributed by atoms with Crippen molar-refractivity contribution in [2.24, 2.45) is 0 Å². The summed E-state index contributed by atoms with van der Waals surface area (Å²) in [6.07, 6.45) is 6.52. The van der Waals surface area contributed by atoms with Crippen LogP contribution in [0, 0.1) is 0 Å². The predicted molar refractivity (Wildman–Crippen MR) is 195 cm³/mol. The van der Waals surface area contributed by atoms with E-state index in [-0.39, 0.29) is 6.71 Å². The molecule has 5 aromatic carbocycles. The first-order valence-corrected chi connectivity index (χ1v) is 16.5. The molecule has 5 aromatic rings. The molecule has 3 aliphatic rings. The van der Waals surface area contributed by atoms with Crippen LogP contribution in [-0.4, -0.2) is 34.9 Å². The lowest BCUT2D eigenvalue weighted by atomic mass is 9.33. The molecule has 0 saturated heterocycles. The molecular formula is C40H41BN4. The summed E-state index contributed by atoms with van der Waals surface area (Å²) in [6, 6.07) is 41.4. The summed E-state index contributed by atoms with van der Waals surface area (Å²) in [6.45, 7) is 0.161. The monoisotopic (exact) mass is 588 g/mol. The third-order valence-electron chi connectivity index (χ3n) is 10.2. The number of benzene rings is 5. The van der Waals surface area contributed by atoms with Crippen molar-refractivity contribution in [1.82, 2.24) is 0 Å². The summed E-state index contributed by atoms with van der Waals surface area (Å²) in [4.78, 5) is 9.46. The maximum Gasteiger partial charge on any atom is 0.252 e. The van der Waals surface area contributed by atoms with Gasteiger partial charge in [-0.1, -0.05) is 61.7 Å². The quantitative estimate of drug-likeness (QED) is 0.189. The highest BCUT2D eigenvalue weighted by Crippen LogP contribution is 2.47. The molecule has 0 bridgehead atoms. The fourth-order valence-corrected chi connectivity index (χ4v) is 7.96. The fourth-order valence-electron chi connectivity index (χ4n) is 7.96. The highest BCUT2D eigenvalue weighted by molar-refractivity contribution is 7.00. The maximum atomic E-state index is 2.56. The lowest BCUT2D eigenvalue weighted by molar-refractivity contribution is 0.444. The Balaban J connectivity index is 1.43. The van der Waals surface area contributed by atoms with Crippen molar-refractivity contribution in [1.29, 1.82) is 0 Å². The first-order valence-electron chi connectivity index (χ1n) is 16.5. The number of rotatable bonds is 5. The van der Waals surface area contributed by atoms with Gasteiger partial charge in [-0.25, -0.2) is 0 Å². The van der Waals surface area contributed by atoms with E-state index in [1.54, 1.807) is 0 Å². The highest BCUT2D eigenvalue weighted by atomic mass is 15.2. The molecule has 224 valence electrons. The molecule has 0 amide bonds. The van der Waals surface area contributed by atoms with Gasteiger partial charge in [0.25, 0.3) is 6.71 Å². The molecular weight excluding hydrogens is 547 g/mol. The minimum atomic E-state index is 0.161. The zero-order chi connectivity index (χ0) is 30.7. The van der Waals surface area contributed by atoms with Gasteiger partial charge in [-0.2, -0.15) is 0 Å². The fraction of sp³-hybridized carbons (Fsp3) is 0.250. The molecule has 0 radical (unpaired) electrons. The van der Waals surface area contributed by atoms with Crippen LogP contribution in [0.1, 0.15) is 43.6 Å². The molecule has 0 unspecified atom stereocenters. The molecule has 8 rings (SSSR count). The van der Waals surface area contributed by atoms with Crippen LogP contribution >= 0.6 is 0 Å². The summed E-state index contributed by atoms with van der Waals surface area (Å²) < 4.78 is 0. The molecule has 0 aromatic heterocycles. The van der Waals surface area contributed by atoms with E-state index in [1.165, 1.54) is 99.6 Å². The van der Waals surface area contributed by atoms with E-state index in [2.05, 4.69) is 157 Å². The summed E-state index contributed by atoms with van der Waals surface area (Å²) in [7, 11) is 8.47. The SMILES string of the molecule is CN(C)c1ccc(N2c3ccccc3B3c4ccccc4N(c4cccc(N(C)C)c4)c4cc(C5CCCCC5)cc2c43)cc1. The van der Waals surface area contributed by atoms with Gasteiger partial charge >= 0.3 is 0 Å². The minimum absolute atomic E-state index is 0.161. The van der Waals surface area contributed by atoms with Crippen LogP contribution in [-0.2, 0) is 0 Å². The number of fused-ring (bicyclic) bond motifs is 4. The van der Waals surface area contributed by atoms with E-state index in [0.29, 0.717) is 5.92 Å². The molecule has 1 fully saturated rings. The lowest BCUT2D eigenvalue weighted by Gasteiger charge is -2.45. The van der Waals surface area contributed by atoms with Crippen LogP contribution in [0.15, 0.2) is 109 Å². The van der Waals surface area contributed by atoms with Gasteiger partial charge in [0.2, 0.25) is 0 Å². The molecule has 2 heterocycles. The first-order chi connectivity index (χ1) is 22.0. The van der Waals surface area contributed by atoms with Gasteiger partial charge in [-0.15, -0.1) is 0 Å². The molecule has 4 nitrogen and oxygen atoms in total. The third kappa shape index (κ3) is 4.59. The Morgan fingerprint density at radius 3 is 1.71 bits per heavy atom. The Morgan fingerprint density at radius 2 is 1.11 bits per heavy atom. The van der Waals surface area contributed by atoms with E-state index in [1.807, 2.05) is 0 Å². The molecule has 1 saturated carbocycles. The third-order valence-corrected chi connectivity index (χ3v) is 10.2. The van der Waals surface area contributed by atoms with Crippen molar-refractivity contribution in [3.8, 4) is 0 Å². The Labute approximate surface area is 268 Å². The average molecular weight is 589 g/mol. The van der Waals surface area contributed by atoms with Crippen LogP contribution in [0.2, 0.25) is 0 Å². The standard InChI is InChI=1S/C40H41BN4/c1-42(2)30-21-23-31(24-22-30)44-36-19-10-8-17-34(36)41-35-18-9-11-20-37(35)45(33-16-12-15-32(27-33)43(3)4)39-26-29(25-38(44)40(39)41)28-13-6-5-7-14-28/h8-12,15-28H,5-7,13-14H2,1-4H3. The zero-order valence-electron chi connectivity index (χ0n) is 26.9. The second kappa shape index (κ2) is 11.1. The van der Waals surface area contributed by atoms with Gasteiger partial charge < -0.3 is 19.6 Å². The Kier molecular flexibility index (Phi) is 6.86. The molecule has 0 spiro atoms. The Morgan fingerprint density at radius 1 is 0.533 bits per heavy atom. The second-order valence-electron chi connectivity index (χ2n) is 13.4. The van der Waals surface area contributed by atoms with Crippen molar-refractivity contribution in [2.75, 3.05) is 47.8 Å². The van der Waals surface area contributed by atoms with Gasteiger partial charge in [0.15, 0.2) is 0 Å². The molecule has 45 heavy (non-hydrogen) atoms. The molecule has 5 heteroatoms. The highest BCUT2D eigenvalue weighted by Gasteiger charge is 2.43. The largest absolute Gasteiger partial charge is 0.378 e. The summed E-state index contributed by atoms with van der Waals surface area (Å²) in [5.41, 5.74) is 15.6. The van der Waals surface area contributed by atoms with E-state index >= 15 is 0 Å². The first kappa shape index (κ1) is 27.9. The summed E-state index contributed by atoms with van der Waals surface area (Å²) in [5, 5.41) is 0. The number of hydrogen-bond donors (Lipinski definition) is 0. The second-order valence-corrected chi connectivity index (χ2v) is 13.4. The van der Waals surface area contributed by atoms with Crippen LogP contribution < -0.4 is 36.0 Å². The lowest BCUT2D eigenvalue weighted by Crippen LogP contribution is -2.61. The Hall–Kier alpha value is -4.64. The van der Waals surface area contributed by atoms with Crippen molar-refractivity contribution in [3.05, 3.63) is 115 Å². The van der Waals surface area contributed by atoms with Gasteiger partial charge in [0.1, 0.15) is 0 Å². The van der Waals surface area contributed by atoms with Crippen molar-refractivity contribution in [2.45, 2.75) is 38.0 Å². The molecule has 2 aliphatic heterocycles. The van der Waals surface area contributed by atoms with Crippen LogP contribution in [0.4, 0.5) is 45.5 Å². The van der Waals surface area contributed by atoms with Crippen molar-refractivity contribution < 1.29 is 0 Å². The number of hydrogen-bond acceptors (Lipinski definition) is 4.